The average molecular weight is 339 g/mol. The lowest BCUT2D eigenvalue weighted by Gasteiger charge is -2.24. The Morgan fingerprint density at radius 2 is 1.88 bits per heavy atom. The second-order valence-corrected chi connectivity index (χ2v) is 6.77. The number of hydrogen-bond donors (Lipinski definition) is 2. The summed E-state index contributed by atoms with van der Waals surface area (Å²) in [5.41, 5.74) is 9.74. The molecule has 25 heavy (non-hydrogen) atoms. The summed E-state index contributed by atoms with van der Waals surface area (Å²) < 4.78 is 21.0. The maximum Gasteiger partial charge on any atom is 0.123 e. The molecule has 0 saturated heterocycles. The smallest absolute Gasteiger partial charge is 0.123 e. The van der Waals surface area contributed by atoms with Crippen molar-refractivity contribution in [2.75, 3.05) is 12.8 Å². The standard InChI is InChI=1S/C20H22FN3O/c1-20(2,25-3)11-17-8-13-9-18(23)14(12-22)10-19(13)24(17)16-6-4-15(21)5-7-16/h4-10,12,22H,11,23H2,1-3H3. The monoisotopic (exact) mass is 339 g/mol. The first kappa shape index (κ1) is 17.2. The maximum absolute atomic E-state index is 13.4. The highest BCUT2D eigenvalue weighted by molar-refractivity contribution is 5.95. The Kier molecular flexibility index (Phi) is 4.35. The van der Waals surface area contributed by atoms with Crippen LogP contribution in [0.3, 0.4) is 0 Å². The van der Waals surface area contributed by atoms with Gasteiger partial charge in [0.2, 0.25) is 0 Å². The van der Waals surface area contributed by atoms with E-state index in [4.69, 9.17) is 15.9 Å². The molecule has 5 heteroatoms. The van der Waals surface area contributed by atoms with E-state index in [1.807, 2.05) is 26.0 Å². The Labute approximate surface area is 146 Å². The highest BCUT2D eigenvalue weighted by atomic mass is 19.1. The molecule has 4 nitrogen and oxygen atoms in total. The summed E-state index contributed by atoms with van der Waals surface area (Å²) in [6, 6.07) is 12.2. The van der Waals surface area contributed by atoms with Crippen molar-refractivity contribution in [2.24, 2.45) is 0 Å². The molecule has 0 spiro atoms. The van der Waals surface area contributed by atoms with Crippen LogP contribution in [0.15, 0.2) is 42.5 Å². The van der Waals surface area contributed by atoms with Crippen LogP contribution in [0.25, 0.3) is 16.6 Å². The molecular weight excluding hydrogens is 317 g/mol. The molecule has 0 aliphatic rings. The van der Waals surface area contributed by atoms with Gasteiger partial charge < -0.3 is 20.4 Å². The van der Waals surface area contributed by atoms with Crippen LogP contribution in [-0.4, -0.2) is 23.5 Å². The Balaban J connectivity index is 2.28. The molecule has 3 rings (SSSR count). The summed E-state index contributed by atoms with van der Waals surface area (Å²) in [6.07, 6.45) is 1.92. The average Bonchev–Trinajstić information content (AvgIpc) is 2.90. The fraction of sp³-hybridized carbons (Fsp3) is 0.250. The van der Waals surface area contributed by atoms with E-state index in [2.05, 4.69) is 10.6 Å². The van der Waals surface area contributed by atoms with E-state index in [9.17, 15) is 4.39 Å². The summed E-state index contributed by atoms with van der Waals surface area (Å²) >= 11 is 0. The molecule has 0 amide bonds. The Morgan fingerprint density at radius 3 is 2.48 bits per heavy atom. The zero-order chi connectivity index (χ0) is 18.2. The summed E-state index contributed by atoms with van der Waals surface area (Å²) in [5, 5.41) is 8.54. The number of ether oxygens (including phenoxy) is 1. The van der Waals surface area contributed by atoms with E-state index in [0.717, 1.165) is 22.3 Å². The molecule has 0 atom stereocenters. The van der Waals surface area contributed by atoms with Crippen molar-refractivity contribution in [1.82, 2.24) is 4.57 Å². The van der Waals surface area contributed by atoms with E-state index >= 15 is 0 Å². The van der Waals surface area contributed by atoms with Crippen molar-refractivity contribution in [3.8, 4) is 5.69 Å². The second kappa shape index (κ2) is 6.33. The second-order valence-electron chi connectivity index (χ2n) is 6.77. The van der Waals surface area contributed by atoms with Crippen LogP contribution in [0, 0.1) is 11.2 Å². The SMILES string of the molecule is COC(C)(C)Cc1cc2cc(N)c(C=N)cc2n1-c1ccc(F)cc1. The number of methoxy groups -OCH3 is 1. The van der Waals surface area contributed by atoms with Gasteiger partial charge >= 0.3 is 0 Å². The first-order valence-electron chi connectivity index (χ1n) is 8.10. The van der Waals surface area contributed by atoms with E-state index < -0.39 is 0 Å². The van der Waals surface area contributed by atoms with Crippen LogP contribution in [0.4, 0.5) is 10.1 Å². The summed E-state index contributed by atoms with van der Waals surface area (Å²) in [4.78, 5) is 0. The molecule has 1 aromatic heterocycles. The van der Waals surface area contributed by atoms with Gasteiger partial charge in [0.05, 0.1) is 11.1 Å². The molecule has 0 radical (unpaired) electrons. The topological polar surface area (TPSA) is 64.0 Å². The van der Waals surface area contributed by atoms with Gasteiger partial charge in [-0.2, -0.15) is 0 Å². The molecular formula is C20H22FN3O. The van der Waals surface area contributed by atoms with Crippen LogP contribution in [0.1, 0.15) is 25.1 Å². The molecule has 1 heterocycles. The highest BCUT2D eigenvalue weighted by Crippen LogP contribution is 2.30. The largest absolute Gasteiger partial charge is 0.398 e. The molecule has 0 saturated carbocycles. The quantitative estimate of drug-likeness (QED) is 0.537. The number of aromatic nitrogens is 1. The van der Waals surface area contributed by atoms with Gasteiger partial charge in [-0.25, -0.2) is 4.39 Å². The zero-order valence-corrected chi connectivity index (χ0v) is 14.6. The van der Waals surface area contributed by atoms with Crippen molar-refractivity contribution in [3.05, 3.63) is 59.5 Å². The number of halogens is 1. The van der Waals surface area contributed by atoms with E-state index in [-0.39, 0.29) is 11.4 Å². The molecule has 2 aromatic carbocycles. The van der Waals surface area contributed by atoms with Crippen molar-refractivity contribution in [2.45, 2.75) is 25.9 Å². The van der Waals surface area contributed by atoms with E-state index in [1.54, 1.807) is 19.2 Å². The normalized spacial score (nSPS) is 11.8. The van der Waals surface area contributed by atoms with Gasteiger partial charge in [-0.15, -0.1) is 0 Å². The van der Waals surface area contributed by atoms with Crippen LogP contribution in [0.2, 0.25) is 0 Å². The van der Waals surface area contributed by atoms with Gasteiger partial charge in [-0.1, -0.05) is 0 Å². The molecule has 130 valence electrons. The van der Waals surface area contributed by atoms with Gasteiger partial charge in [-0.3, -0.25) is 0 Å². The third-order valence-electron chi connectivity index (χ3n) is 4.48. The van der Waals surface area contributed by atoms with Gasteiger partial charge in [0, 0.05) is 47.8 Å². The van der Waals surface area contributed by atoms with Crippen LogP contribution in [0.5, 0.6) is 0 Å². The predicted octanol–water partition coefficient (Wildman–Crippen LogP) is 4.32. The third-order valence-corrected chi connectivity index (χ3v) is 4.48. The molecule has 0 bridgehead atoms. The minimum atomic E-state index is -0.345. The summed E-state index contributed by atoms with van der Waals surface area (Å²) in [6.45, 7) is 4.05. The number of nitrogens with zero attached hydrogens (tertiary/aromatic N) is 1. The Bertz CT molecular complexity index is 926. The number of benzene rings is 2. The minimum Gasteiger partial charge on any atom is -0.398 e. The lowest BCUT2D eigenvalue weighted by molar-refractivity contribution is 0.0222. The fourth-order valence-electron chi connectivity index (χ4n) is 3.01. The number of nitrogen functional groups attached to an aromatic ring is 1. The van der Waals surface area contributed by atoms with Crippen molar-refractivity contribution in [3.63, 3.8) is 0 Å². The molecule has 0 unspecified atom stereocenters. The predicted molar refractivity (Wildman–Crippen MR) is 100 cm³/mol. The molecule has 3 N–H and O–H groups in total. The number of nitrogens with two attached hydrogens (primary N) is 1. The fourth-order valence-corrected chi connectivity index (χ4v) is 3.01. The van der Waals surface area contributed by atoms with Crippen molar-refractivity contribution in [1.29, 1.82) is 5.41 Å². The first-order chi connectivity index (χ1) is 11.8. The van der Waals surface area contributed by atoms with Gasteiger partial charge in [0.15, 0.2) is 0 Å². The number of nitrogens with one attached hydrogen (secondary N) is 1. The van der Waals surface area contributed by atoms with Crippen molar-refractivity contribution < 1.29 is 9.13 Å². The number of fused-ring (bicyclic) bond motifs is 1. The number of rotatable bonds is 5. The lowest BCUT2D eigenvalue weighted by atomic mass is 10.0. The molecule has 0 aliphatic carbocycles. The number of hydrogen-bond acceptors (Lipinski definition) is 3. The molecule has 0 aliphatic heterocycles. The Morgan fingerprint density at radius 1 is 1.20 bits per heavy atom. The maximum atomic E-state index is 13.4. The van der Waals surface area contributed by atoms with Gasteiger partial charge in [0.25, 0.3) is 0 Å². The van der Waals surface area contributed by atoms with Crippen LogP contribution >= 0.6 is 0 Å². The molecule has 3 aromatic rings. The van der Waals surface area contributed by atoms with Crippen LogP contribution in [-0.2, 0) is 11.2 Å². The highest BCUT2D eigenvalue weighted by Gasteiger charge is 2.22. The molecule has 0 fully saturated rings. The van der Waals surface area contributed by atoms with Gasteiger partial charge in [-0.05, 0) is 56.3 Å². The van der Waals surface area contributed by atoms with Gasteiger partial charge in [0.1, 0.15) is 5.82 Å². The lowest BCUT2D eigenvalue weighted by Crippen LogP contribution is -2.26. The summed E-state index contributed by atoms with van der Waals surface area (Å²) in [7, 11) is 1.69. The van der Waals surface area contributed by atoms with Crippen LogP contribution < -0.4 is 5.73 Å². The van der Waals surface area contributed by atoms with Crippen molar-refractivity contribution >= 4 is 22.8 Å². The summed E-state index contributed by atoms with van der Waals surface area (Å²) in [5.74, 6) is -0.275. The number of anilines is 1. The third kappa shape index (κ3) is 3.28. The Hall–Kier alpha value is -2.66. The zero-order valence-electron chi connectivity index (χ0n) is 14.6. The van der Waals surface area contributed by atoms with E-state index in [0.29, 0.717) is 17.7 Å². The minimum absolute atomic E-state index is 0.275. The first-order valence-corrected chi connectivity index (χ1v) is 8.10. The van der Waals surface area contributed by atoms with E-state index in [1.165, 1.54) is 18.3 Å².